The monoisotopic (exact) mass is 136 g/mol. The number of rotatable bonds is 1. The van der Waals surface area contributed by atoms with Gasteiger partial charge in [-0.3, -0.25) is 0 Å². The van der Waals surface area contributed by atoms with Crippen molar-refractivity contribution in [2.45, 2.75) is 5.71 Å². The van der Waals surface area contributed by atoms with Gasteiger partial charge in [-0.15, -0.1) is 0 Å². The molecule has 0 aromatic rings. The van der Waals surface area contributed by atoms with Gasteiger partial charge in [0.05, 0.1) is 0 Å². The Morgan fingerprint density at radius 1 is 2.00 bits per heavy atom. The Morgan fingerprint density at radius 3 is 2.20 bits per heavy atom. The SMILES string of the molecule is C[AsH]C(=O)O. The Labute approximate surface area is 36.9 Å². The van der Waals surface area contributed by atoms with Crippen LogP contribution in [0, 0.1) is 0 Å². The van der Waals surface area contributed by atoms with Crippen molar-refractivity contribution in [2.24, 2.45) is 0 Å². The third kappa shape index (κ3) is 4.03. The Hall–Kier alpha value is 0.0284. The number of hydrogen-bond donors (Lipinski definition) is 1. The number of hydrogen-bond acceptors (Lipinski definition) is 1. The first kappa shape index (κ1) is 5.03. The second-order valence-electron chi connectivity index (χ2n) is 0.555. The maximum atomic E-state index is 9.42. The van der Waals surface area contributed by atoms with Gasteiger partial charge < -0.3 is 0 Å². The van der Waals surface area contributed by atoms with Crippen molar-refractivity contribution in [3.8, 4) is 0 Å². The molecule has 0 aromatic heterocycles. The van der Waals surface area contributed by atoms with Gasteiger partial charge in [0, 0.05) is 0 Å². The van der Waals surface area contributed by atoms with E-state index in [4.69, 9.17) is 5.11 Å². The molecule has 5 heavy (non-hydrogen) atoms. The fourth-order valence-electron chi connectivity index (χ4n) is 0. The zero-order chi connectivity index (χ0) is 4.28. The average Bonchev–Trinajstić information content (AvgIpc) is 1.38. The molecule has 0 aliphatic heterocycles. The van der Waals surface area contributed by atoms with Gasteiger partial charge in [-0.2, -0.15) is 0 Å². The van der Waals surface area contributed by atoms with Crippen LogP contribution in [0.4, 0.5) is 4.79 Å². The summed E-state index contributed by atoms with van der Waals surface area (Å²) < 4.78 is -0.620. The van der Waals surface area contributed by atoms with Crippen LogP contribution >= 0.6 is 0 Å². The molecule has 2 nitrogen and oxygen atoms in total. The van der Waals surface area contributed by atoms with Gasteiger partial charge in [0.25, 0.3) is 0 Å². The standard InChI is InChI=1S/C2H5AsO2/c1-3-2(4)5/h3H,1H3,(H,4,5). The van der Waals surface area contributed by atoms with Crippen LogP contribution in [0.25, 0.3) is 0 Å². The van der Waals surface area contributed by atoms with Crippen molar-refractivity contribution in [1.82, 2.24) is 0 Å². The summed E-state index contributed by atoms with van der Waals surface area (Å²) in [6, 6.07) is 0. The molecule has 0 aromatic carbocycles. The van der Waals surface area contributed by atoms with E-state index in [2.05, 4.69) is 0 Å². The van der Waals surface area contributed by atoms with Gasteiger partial charge in [-0.25, -0.2) is 0 Å². The molecular formula is C2H5AsO2. The van der Waals surface area contributed by atoms with E-state index < -0.39 is 20.5 Å². The zero-order valence-electron chi connectivity index (χ0n) is 2.86. The van der Waals surface area contributed by atoms with Gasteiger partial charge in [-0.05, 0) is 0 Å². The summed E-state index contributed by atoms with van der Waals surface area (Å²) >= 11 is -0.639. The van der Waals surface area contributed by atoms with E-state index >= 15 is 0 Å². The molecule has 0 amide bonds. The molecule has 0 aliphatic carbocycles. The van der Waals surface area contributed by atoms with Crippen molar-refractivity contribution in [1.29, 1.82) is 0 Å². The van der Waals surface area contributed by atoms with Gasteiger partial charge >= 0.3 is 36.1 Å². The Balaban J connectivity index is 2.85. The van der Waals surface area contributed by atoms with E-state index in [0.29, 0.717) is 0 Å². The molecule has 3 heteroatoms. The molecule has 0 spiro atoms. The normalized spacial score (nSPS) is 9.80. The van der Waals surface area contributed by atoms with Crippen LogP contribution in [0.2, 0.25) is 5.71 Å². The maximum absolute atomic E-state index is 9.42. The van der Waals surface area contributed by atoms with E-state index in [1.807, 2.05) is 0 Å². The molecule has 0 aliphatic rings. The summed E-state index contributed by atoms with van der Waals surface area (Å²) in [7, 11) is 0. The summed E-state index contributed by atoms with van der Waals surface area (Å²) in [6.07, 6.45) is 0. The first-order valence-corrected chi connectivity index (χ1v) is 4.32. The number of carbonyl (C=O) groups is 1. The molecular weight excluding hydrogens is 131 g/mol. The second-order valence-corrected chi connectivity index (χ2v) is 2.50. The zero-order valence-corrected chi connectivity index (χ0v) is 4.95. The van der Waals surface area contributed by atoms with Gasteiger partial charge in [0.1, 0.15) is 0 Å². The molecule has 0 rings (SSSR count). The molecule has 0 heterocycles. The molecule has 0 radical (unpaired) electrons. The Kier molecular flexibility index (Phi) is 2.29. The van der Waals surface area contributed by atoms with Crippen LogP contribution in [-0.4, -0.2) is 25.6 Å². The molecule has 0 saturated heterocycles. The third-order valence-corrected chi connectivity index (χ3v) is 1.11. The molecule has 0 saturated carbocycles. The molecule has 30 valence electrons. The van der Waals surface area contributed by atoms with E-state index in [-0.39, 0.29) is 0 Å². The van der Waals surface area contributed by atoms with Gasteiger partial charge in [0.15, 0.2) is 0 Å². The van der Waals surface area contributed by atoms with E-state index in [9.17, 15) is 4.79 Å². The minimum atomic E-state index is -0.639. The summed E-state index contributed by atoms with van der Waals surface area (Å²) in [5.41, 5.74) is 1.72. The fraction of sp³-hybridized carbons (Fsp3) is 0.500. The van der Waals surface area contributed by atoms with Crippen molar-refractivity contribution in [3.05, 3.63) is 0 Å². The molecule has 0 fully saturated rings. The summed E-state index contributed by atoms with van der Waals surface area (Å²) in [5.74, 6) is 0. The second kappa shape index (κ2) is 2.28. The quantitative estimate of drug-likeness (QED) is 0.521. The van der Waals surface area contributed by atoms with E-state index in [0.717, 1.165) is 0 Å². The minimum absolute atomic E-state index is 0.620. The predicted molar refractivity (Wildman–Crippen MR) is 21.0 cm³/mol. The molecule has 1 atom stereocenters. The Bertz CT molecular complexity index is 42.9. The molecule has 0 bridgehead atoms. The molecule has 1 unspecified atom stereocenters. The van der Waals surface area contributed by atoms with Crippen LogP contribution in [0.15, 0.2) is 0 Å². The summed E-state index contributed by atoms with van der Waals surface area (Å²) in [5, 5.41) is 7.78. The van der Waals surface area contributed by atoms with Crippen molar-refractivity contribution in [3.63, 3.8) is 0 Å². The number of carboxylic acid groups (broad SMARTS) is 1. The van der Waals surface area contributed by atoms with E-state index in [1.54, 1.807) is 5.71 Å². The fourth-order valence-corrected chi connectivity index (χ4v) is 0. The average molecular weight is 136 g/mol. The predicted octanol–water partition coefficient (Wildman–Crippen LogP) is 0.149. The first-order chi connectivity index (χ1) is 2.27. The van der Waals surface area contributed by atoms with Crippen molar-refractivity contribution >= 4 is 20.5 Å². The van der Waals surface area contributed by atoms with Gasteiger partial charge in [0.2, 0.25) is 0 Å². The van der Waals surface area contributed by atoms with Crippen LogP contribution in [0.3, 0.4) is 0 Å². The third-order valence-electron chi connectivity index (χ3n) is 0.214. The van der Waals surface area contributed by atoms with Crippen LogP contribution < -0.4 is 0 Å². The van der Waals surface area contributed by atoms with Crippen LogP contribution in [0.1, 0.15) is 0 Å². The summed E-state index contributed by atoms with van der Waals surface area (Å²) in [6.45, 7) is 0. The van der Waals surface area contributed by atoms with E-state index in [1.165, 1.54) is 0 Å². The first-order valence-electron chi connectivity index (χ1n) is 1.18. The van der Waals surface area contributed by atoms with Gasteiger partial charge in [-0.1, -0.05) is 0 Å². The van der Waals surface area contributed by atoms with Crippen LogP contribution in [0.5, 0.6) is 0 Å². The van der Waals surface area contributed by atoms with Crippen LogP contribution in [-0.2, 0) is 0 Å². The molecule has 1 N–H and O–H groups in total. The van der Waals surface area contributed by atoms with Crippen molar-refractivity contribution in [2.75, 3.05) is 0 Å². The summed E-state index contributed by atoms with van der Waals surface area (Å²) in [4.78, 5) is 9.42. The van der Waals surface area contributed by atoms with Crippen molar-refractivity contribution < 1.29 is 9.90 Å². The Morgan fingerprint density at radius 2 is 2.20 bits per heavy atom. The topological polar surface area (TPSA) is 37.3 Å².